The Morgan fingerprint density at radius 2 is 1.65 bits per heavy atom. The van der Waals surface area contributed by atoms with Gasteiger partial charge in [-0.3, -0.25) is 4.98 Å². The maximum atomic E-state index is 12.6. The minimum Gasteiger partial charge on any atom is -0.378 e. The Labute approximate surface area is 182 Å². The molecule has 3 aromatic rings. The molecule has 0 aliphatic heterocycles. The predicted molar refractivity (Wildman–Crippen MR) is 121 cm³/mol. The van der Waals surface area contributed by atoms with Gasteiger partial charge in [0.1, 0.15) is 0 Å². The van der Waals surface area contributed by atoms with Crippen molar-refractivity contribution in [2.24, 2.45) is 0 Å². The van der Waals surface area contributed by atoms with Crippen molar-refractivity contribution in [2.75, 3.05) is 24.3 Å². The molecule has 0 aliphatic rings. The number of benzene rings is 2. The van der Waals surface area contributed by atoms with Gasteiger partial charge in [-0.2, -0.15) is 0 Å². The monoisotopic (exact) mass is 439 g/mol. The number of anilines is 2. The lowest BCUT2D eigenvalue weighted by Gasteiger charge is -2.14. The molecule has 0 fully saturated rings. The molecule has 0 saturated carbocycles. The molecule has 31 heavy (non-hydrogen) atoms. The minimum absolute atomic E-state index is 0.124. The highest BCUT2D eigenvalue weighted by Crippen LogP contribution is 2.16. The molecule has 0 radical (unpaired) electrons. The third-order valence-corrected chi connectivity index (χ3v) is 5.94. The summed E-state index contributed by atoms with van der Waals surface area (Å²) < 4.78 is 27.8. The molecule has 8 nitrogen and oxygen atoms in total. The molecule has 0 unspecified atom stereocenters. The number of pyridine rings is 1. The van der Waals surface area contributed by atoms with Crippen LogP contribution in [0.4, 0.5) is 16.2 Å². The van der Waals surface area contributed by atoms with Gasteiger partial charge in [-0.25, -0.2) is 17.9 Å². The number of hydrogen-bond donors (Lipinski definition) is 3. The Morgan fingerprint density at radius 1 is 0.935 bits per heavy atom. The smallest absolute Gasteiger partial charge is 0.319 e. The van der Waals surface area contributed by atoms with Crippen LogP contribution < -0.4 is 20.3 Å². The molecule has 1 heterocycles. The summed E-state index contributed by atoms with van der Waals surface area (Å²) in [6, 6.07) is 16.9. The van der Waals surface area contributed by atoms with Crippen molar-refractivity contribution < 1.29 is 13.2 Å². The molecular weight excluding hydrogens is 414 g/mol. The lowest BCUT2D eigenvalue weighted by molar-refractivity contribution is 0.251. The van der Waals surface area contributed by atoms with Crippen LogP contribution in [0.3, 0.4) is 0 Å². The van der Waals surface area contributed by atoms with E-state index in [9.17, 15) is 13.2 Å². The van der Waals surface area contributed by atoms with Gasteiger partial charge in [0.25, 0.3) is 0 Å². The Balaban J connectivity index is 1.55. The summed E-state index contributed by atoms with van der Waals surface area (Å²) in [6.45, 7) is 0.543. The number of hydrogen-bond acceptors (Lipinski definition) is 5. The highest BCUT2D eigenvalue weighted by Gasteiger charge is 2.14. The highest BCUT2D eigenvalue weighted by molar-refractivity contribution is 7.89. The standard InChI is InChI=1S/C22H25N5O3S/c1-27(2)20-5-3-4-18(14-20)16-25-31(29,30)21-8-6-19(7-9-21)26-22(28)24-15-17-10-12-23-13-11-17/h3-14,25H,15-16H2,1-2H3,(H2,24,26,28). The molecule has 0 atom stereocenters. The summed E-state index contributed by atoms with van der Waals surface area (Å²) in [5, 5.41) is 5.41. The van der Waals surface area contributed by atoms with Crippen molar-refractivity contribution in [3.05, 3.63) is 84.2 Å². The lowest BCUT2D eigenvalue weighted by Crippen LogP contribution is -2.28. The second-order valence-electron chi connectivity index (χ2n) is 7.08. The Morgan fingerprint density at radius 3 is 2.32 bits per heavy atom. The maximum absolute atomic E-state index is 12.6. The van der Waals surface area contributed by atoms with Gasteiger partial charge in [-0.05, 0) is 59.7 Å². The third-order valence-electron chi connectivity index (χ3n) is 4.52. The molecule has 0 aliphatic carbocycles. The molecular formula is C22H25N5O3S. The number of carbonyl (C=O) groups is 1. The van der Waals surface area contributed by atoms with E-state index in [-0.39, 0.29) is 17.5 Å². The summed E-state index contributed by atoms with van der Waals surface area (Å²) in [4.78, 5) is 18.0. The van der Waals surface area contributed by atoms with Crippen LogP contribution >= 0.6 is 0 Å². The van der Waals surface area contributed by atoms with Crippen LogP contribution in [0.2, 0.25) is 0 Å². The predicted octanol–water partition coefficient (Wildman–Crippen LogP) is 2.95. The van der Waals surface area contributed by atoms with E-state index in [4.69, 9.17) is 0 Å². The fourth-order valence-corrected chi connectivity index (χ4v) is 3.80. The number of nitrogens with one attached hydrogen (secondary N) is 3. The van der Waals surface area contributed by atoms with E-state index in [1.807, 2.05) is 55.4 Å². The van der Waals surface area contributed by atoms with Crippen molar-refractivity contribution in [3.63, 3.8) is 0 Å². The van der Waals surface area contributed by atoms with Crippen molar-refractivity contribution in [1.29, 1.82) is 0 Å². The van der Waals surface area contributed by atoms with E-state index in [0.717, 1.165) is 16.8 Å². The second-order valence-corrected chi connectivity index (χ2v) is 8.84. The van der Waals surface area contributed by atoms with Gasteiger partial charge < -0.3 is 15.5 Å². The number of amides is 2. The summed E-state index contributed by atoms with van der Waals surface area (Å²) >= 11 is 0. The van der Waals surface area contributed by atoms with E-state index < -0.39 is 10.0 Å². The van der Waals surface area contributed by atoms with Crippen LogP contribution in [0.15, 0.2) is 78.0 Å². The Bertz CT molecular complexity index is 1120. The van der Waals surface area contributed by atoms with Gasteiger partial charge in [0, 0.05) is 51.0 Å². The van der Waals surface area contributed by atoms with Gasteiger partial charge in [0.2, 0.25) is 10.0 Å². The van der Waals surface area contributed by atoms with E-state index in [1.54, 1.807) is 24.5 Å². The number of nitrogens with zero attached hydrogens (tertiary/aromatic N) is 2. The number of rotatable bonds is 8. The van der Waals surface area contributed by atoms with Gasteiger partial charge in [-0.1, -0.05) is 12.1 Å². The SMILES string of the molecule is CN(C)c1cccc(CNS(=O)(=O)c2ccc(NC(=O)NCc3ccncc3)cc2)c1. The second kappa shape index (κ2) is 10.1. The zero-order valence-electron chi connectivity index (χ0n) is 17.4. The molecule has 9 heteroatoms. The lowest BCUT2D eigenvalue weighted by atomic mass is 10.2. The molecule has 2 amide bonds. The number of urea groups is 1. The van der Waals surface area contributed by atoms with E-state index in [1.165, 1.54) is 12.1 Å². The van der Waals surface area contributed by atoms with E-state index in [2.05, 4.69) is 20.3 Å². The molecule has 162 valence electrons. The number of aromatic nitrogens is 1. The zero-order chi connectivity index (χ0) is 22.3. The first-order valence-electron chi connectivity index (χ1n) is 9.63. The topological polar surface area (TPSA) is 103 Å². The van der Waals surface area contributed by atoms with Crippen molar-refractivity contribution >= 4 is 27.4 Å². The third kappa shape index (κ3) is 6.53. The minimum atomic E-state index is -3.68. The van der Waals surface area contributed by atoms with Gasteiger partial charge >= 0.3 is 6.03 Å². The van der Waals surface area contributed by atoms with Crippen LogP contribution in [0, 0.1) is 0 Å². The molecule has 2 aromatic carbocycles. The summed E-state index contributed by atoms with van der Waals surface area (Å²) in [7, 11) is 0.177. The van der Waals surface area contributed by atoms with E-state index in [0.29, 0.717) is 12.2 Å². The molecule has 0 saturated heterocycles. The average molecular weight is 440 g/mol. The normalized spacial score (nSPS) is 11.0. The van der Waals surface area contributed by atoms with Crippen LogP contribution in [0.1, 0.15) is 11.1 Å². The van der Waals surface area contributed by atoms with Crippen molar-refractivity contribution in [3.8, 4) is 0 Å². The molecule has 1 aromatic heterocycles. The van der Waals surface area contributed by atoms with Crippen LogP contribution in [-0.2, 0) is 23.1 Å². The van der Waals surface area contributed by atoms with Crippen molar-refractivity contribution in [1.82, 2.24) is 15.0 Å². The fourth-order valence-electron chi connectivity index (χ4n) is 2.78. The quantitative estimate of drug-likeness (QED) is 0.501. The Hall–Kier alpha value is -3.43. The van der Waals surface area contributed by atoms with Crippen LogP contribution in [0.5, 0.6) is 0 Å². The highest BCUT2D eigenvalue weighted by atomic mass is 32.2. The number of carbonyl (C=O) groups excluding carboxylic acids is 1. The van der Waals surface area contributed by atoms with Gasteiger partial charge in [0.15, 0.2) is 0 Å². The largest absolute Gasteiger partial charge is 0.378 e. The first-order chi connectivity index (χ1) is 14.8. The zero-order valence-corrected chi connectivity index (χ0v) is 18.2. The number of sulfonamides is 1. The first kappa shape index (κ1) is 22.3. The molecule has 0 spiro atoms. The van der Waals surface area contributed by atoms with E-state index >= 15 is 0 Å². The maximum Gasteiger partial charge on any atom is 0.319 e. The molecule has 0 bridgehead atoms. The summed E-state index contributed by atoms with van der Waals surface area (Å²) in [5.74, 6) is 0. The summed E-state index contributed by atoms with van der Waals surface area (Å²) in [6.07, 6.45) is 3.31. The molecule has 3 rings (SSSR count). The molecule has 3 N–H and O–H groups in total. The average Bonchev–Trinajstić information content (AvgIpc) is 2.78. The van der Waals surface area contributed by atoms with Gasteiger partial charge in [-0.15, -0.1) is 0 Å². The van der Waals surface area contributed by atoms with Gasteiger partial charge in [0.05, 0.1) is 4.90 Å². The first-order valence-corrected chi connectivity index (χ1v) is 11.1. The van der Waals surface area contributed by atoms with Crippen LogP contribution in [0.25, 0.3) is 0 Å². The van der Waals surface area contributed by atoms with Crippen LogP contribution in [-0.4, -0.2) is 33.5 Å². The van der Waals surface area contributed by atoms with Crippen molar-refractivity contribution in [2.45, 2.75) is 18.0 Å². The Kier molecular flexibility index (Phi) is 7.22. The summed E-state index contributed by atoms with van der Waals surface area (Å²) in [5.41, 5.74) is 3.27. The fraction of sp³-hybridized carbons (Fsp3) is 0.182.